The normalized spacial score (nSPS) is 13.9. The number of carbonyl (C=O) groups is 2. The third-order valence-corrected chi connectivity index (χ3v) is 8.04. The van der Waals surface area contributed by atoms with Crippen LogP contribution in [0.5, 0.6) is 5.75 Å². The highest BCUT2D eigenvalue weighted by Gasteiger charge is 2.35. The maximum absolute atomic E-state index is 13.7. The average molecular weight is 607 g/mol. The minimum Gasteiger partial charge on any atom is -0.489 e. The Bertz CT molecular complexity index is 1820. The van der Waals surface area contributed by atoms with Crippen molar-refractivity contribution in [3.05, 3.63) is 75.3 Å². The Balaban J connectivity index is 1.87. The van der Waals surface area contributed by atoms with Crippen LogP contribution in [0.4, 0.5) is 17.1 Å². The number of aliphatic hydroxyl groups is 1. The van der Waals surface area contributed by atoms with E-state index in [4.69, 9.17) is 15.0 Å². The third kappa shape index (κ3) is 5.95. The number of nitrogens with two attached hydrogens (primary N) is 1. The standard InChI is InChI=1S/C26H26N2O11S2/c1-12-8-13(2)26(40(32,33)34)14(3)23(12)28-18-9-19(38-10-15(29)11-39-41(35,36)37)22(27)21-20(18)24(30)16-6-4-5-7-17(16)25(21)31/h4-9,15,28-29H,10-11,27H2,1-3H3,(H,32,33,34)(H,35,36,37). The predicted molar refractivity (Wildman–Crippen MR) is 147 cm³/mol. The number of aryl methyl sites for hydroxylation is 2. The number of hydrogen-bond donors (Lipinski definition) is 5. The fourth-order valence-corrected chi connectivity index (χ4v) is 6.09. The zero-order chi connectivity index (χ0) is 30.4. The van der Waals surface area contributed by atoms with Crippen molar-refractivity contribution >= 4 is 49.1 Å². The van der Waals surface area contributed by atoms with E-state index in [1.54, 1.807) is 19.1 Å². The topological polar surface area (TPSA) is 220 Å². The van der Waals surface area contributed by atoms with Gasteiger partial charge >= 0.3 is 10.4 Å². The molecule has 4 rings (SSSR count). The van der Waals surface area contributed by atoms with E-state index in [-0.39, 0.29) is 61.1 Å². The second kappa shape index (κ2) is 10.8. The van der Waals surface area contributed by atoms with Gasteiger partial charge in [0.25, 0.3) is 10.1 Å². The fraction of sp³-hybridized carbons (Fsp3) is 0.231. The lowest BCUT2D eigenvalue weighted by molar-refractivity contribution is 0.0606. The Morgan fingerprint density at radius 2 is 1.49 bits per heavy atom. The summed E-state index contributed by atoms with van der Waals surface area (Å²) in [5, 5.41) is 13.1. The number of carbonyl (C=O) groups excluding carboxylic acids is 2. The molecule has 0 heterocycles. The average Bonchev–Trinajstić information content (AvgIpc) is 2.86. The molecule has 0 saturated carbocycles. The molecule has 41 heavy (non-hydrogen) atoms. The maximum Gasteiger partial charge on any atom is 0.397 e. The van der Waals surface area contributed by atoms with Gasteiger partial charge in [-0.15, -0.1) is 0 Å². The quantitative estimate of drug-likeness (QED) is 0.137. The predicted octanol–water partition coefficient (Wildman–Crippen LogP) is 2.52. The van der Waals surface area contributed by atoms with Crippen LogP contribution in [0, 0.1) is 20.8 Å². The van der Waals surface area contributed by atoms with Crippen molar-refractivity contribution < 1.29 is 49.6 Å². The molecule has 0 amide bonds. The lowest BCUT2D eigenvalue weighted by Gasteiger charge is -2.26. The molecule has 1 atom stereocenters. The number of nitrogen functional groups attached to an aromatic ring is 1. The Morgan fingerprint density at radius 3 is 2.05 bits per heavy atom. The molecule has 218 valence electrons. The molecular weight excluding hydrogens is 580 g/mol. The van der Waals surface area contributed by atoms with Crippen LogP contribution in [0.15, 0.2) is 41.3 Å². The van der Waals surface area contributed by atoms with E-state index in [0.29, 0.717) is 5.56 Å². The minimum absolute atomic E-state index is 0.0112. The van der Waals surface area contributed by atoms with Gasteiger partial charge in [0.05, 0.1) is 29.1 Å². The molecule has 0 aliphatic heterocycles. The Kier molecular flexibility index (Phi) is 7.97. The van der Waals surface area contributed by atoms with Gasteiger partial charge in [-0.05, 0) is 37.5 Å². The highest BCUT2D eigenvalue weighted by atomic mass is 32.3. The van der Waals surface area contributed by atoms with E-state index < -0.39 is 51.4 Å². The molecule has 13 nitrogen and oxygen atoms in total. The molecule has 15 heteroatoms. The molecule has 0 bridgehead atoms. The molecule has 0 saturated heterocycles. The minimum atomic E-state index is -4.82. The first-order chi connectivity index (χ1) is 19.0. The fourth-order valence-electron chi connectivity index (χ4n) is 4.80. The van der Waals surface area contributed by atoms with Crippen molar-refractivity contribution in [2.75, 3.05) is 24.3 Å². The Morgan fingerprint density at radius 1 is 0.902 bits per heavy atom. The van der Waals surface area contributed by atoms with E-state index in [2.05, 4.69) is 9.50 Å². The van der Waals surface area contributed by atoms with Gasteiger partial charge in [-0.25, -0.2) is 4.18 Å². The summed E-state index contributed by atoms with van der Waals surface area (Å²) in [5.74, 6) is -1.31. The maximum atomic E-state index is 13.7. The van der Waals surface area contributed by atoms with Crippen molar-refractivity contribution in [3.63, 3.8) is 0 Å². The van der Waals surface area contributed by atoms with Gasteiger partial charge in [0.1, 0.15) is 23.4 Å². The summed E-state index contributed by atoms with van der Waals surface area (Å²) < 4.78 is 74.1. The van der Waals surface area contributed by atoms with Crippen LogP contribution >= 0.6 is 0 Å². The molecular formula is C26H26N2O11S2. The van der Waals surface area contributed by atoms with Gasteiger partial charge in [-0.2, -0.15) is 16.8 Å². The van der Waals surface area contributed by atoms with Crippen LogP contribution in [0.3, 0.4) is 0 Å². The van der Waals surface area contributed by atoms with Crippen LogP contribution < -0.4 is 15.8 Å². The second-order valence-electron chi connectivity index (χ2n) is 9.41. The van der Waals surface area contributed by atoms with E-state index in [0.717, 1.165) is 0 Å². The molecule has 1 aliphatic rings. The number of aliphatic hydroxyl groups excluding tert-OH is 1. The highest BCUT2D eigenvalue weighted by Crippen LogP contribution is 2.43. The van der Waals surface area contributed by atoms with E-state index in [9.17, 15) is 36.1 Å². The number of nitrogens with one attached hydrogen (secondary N) is 1. The summed E-state index contributed by atoms with van der Waals surface area (Å²) in [5.41, 5.74) is 7.17. The molecule has 1 aliphatic carbocycles. The second-order valence-corrected chi connectivity index (χ2v) is 11.9. The van der Waals surface area contributed by atoms with Crippen LogP contribution in [0.25, 0.3) is 0 Å². The highest BCUT2D eigenvalue weighted by molar-refractivity contribution is 7.86. The number of ketones is 2. The first-order valence-electron chi connectivity index (χ1n) is 11.9. The van der Waals surface area contributed by atoms with Crippen molar-refractivity contribution in [1.29, 1.82) is 0 Å². The molecule has 0 spiro atoms. The monoisotopic (exact) mass is 606 g/mol. The summed E-state index contributed by atoms with van der Waals surface area (Å²) in [6, 6.07) is 8.90. The summed E-state index contributed by atoms with van der Waals surface area (Å²) >= 11 is 0. The molecule has 6 N–H and O–H groups in total. The van der Waals surface area contributed by atoms with Gasteiger partial charge in [0.2, 0.25) is 0 Å². The van der Waals surface area contributed by atoms with E-state index in [1.807, 2.05) is 0 Å². The largest absolute Gasteiger partial charge is 0.489 e. The number of benzene rings is 3. The van der Waals surface area contributed by atoms with Crippen molar-refractivity contribution in [2.24, 2.45) is 0 Å². The number of hydrogen-bond acceptors (Lipinski definition) is 11. The van der Waals surface area contributed by atoms with E-state index >= 15 is 0 Å². The summed E-state index contributed by atoms with van der Waals surface area (Å²) in [6.07, 6.45) is -1.55. The van der Waals surface area contributed by atoms with Crippen LogP contribution in [-0.4, -0.2) is 61.9 Å². The van der Waals surface area contributed by atoms with Crippen molar-refractivity contribution in [3.8, 4) is 5.75 Å². The van der Waals surface area contributed by atoms with Crippen molar-refractivity contribution in [1.82, 2.24) is 0 Å². The van der Waals surface area contributed by atoms with Crippen LogP contribution in [-0.2, 0) is 24.7 Å². The van der Waals surface area contributed by atoms with Gasteiger partial charge in [0.15, 0.2) is 11.6 Å². The molecule has 1 unspecified atom stereocenters. The molecule has 0 fully saturated rings. The number of rotatable bonds is 9. The lowest BCUT2D eigenvalue weighted by atomic mass is 9.82. The number of ether oxygens (including phenoxy) is 1. The number of fused-ring (bicyclic) bond motifs is 2. The first kappa shape index (κ1) is 30.1. The zero-order valence-electron chi connectivity index (χ0n) is 22.0. The SMILES string of the molecule is Cc1cc(C)c(S(=O)(=O)O)c(C)c1Nc1cc(OCC(O)COS(=O)(=O)O)c(N)c2c1C(=O)c1ccccc1C2=O. The Hall–Kier alpha value is -3.86. The molecule has 0 aromatic heterocycles. The summed E-state index contributed by atoms with van der Waals surface area (Å²) in [4.78, 5) is 26.9. The van der Waals surface area contributed by atoms with Gasteiger partial charge in [-0.1, -0.05) is 30.3 Å². The van der Waals surface area contributed by atoms with Crippen molar-refractivity contribution in [2.45, 2.75) is 31.8 Å². The third-order valence-electron chi connectivity index (χ3n) is 6.46. The van der Waals surface area contributed by atoms with Crippen LogP contribution in [0.1, 0.15) is 48.5 Å². The lowest BCUT2D eigenvalue weighted by Crippen LogP contribution is -2.27. The number of anilines is 3. The van der Waals surface area contributed by atoms with Gasteiger partial charge < -0.3 is 20.9 Å². The summed E-state index contributed by atoms with van der Waals surface area (Å²) in [7, 11) is -9.45. The van der Waals surface area contributed by atoms with Gasteiger partial charge in [0, 0.05) is 22.9 Å². The van der Waals surface area contributed by atoms with Crippen LogP contribution in [0.2, 0.25) is 0 Å². The molecule has 3 aromatic carbocycles. The summed E-state index contributed by atoms with van der Waals surface area (Å²) in [6.45, 7) is 3.21. The van der Waals surface area contributed by atoms with E-state index in [1.165, 1.54) is 38.1 Å². The van der Waals surface area contributed by atoms with Gasteiger partial charge in [-0.3, -0.25) is 18.7 Å². The first-order valence-corrected chi connectivity index (χ1v) is 14.7. The Labute approximate surface area is 235 Å². The molecule has 3 aromatic rings. The molecule has 0 radical (unpaired) electrons. The zero-order valence-corrected chi connectivity index (χ0v) is 23.6. The smallest absolute Gasteiger partial charge is 0.397 e.